The van der Waals surface area contributed by atoms with Gasteiger partial charge in [-0.1, -0.05) is 0 Å². The highest BCUT2D eigenvalue weighted by molar-refractivity contribution is 6.02. The fraction of sp³-hybridized carbons (Fsp3) is 0.250. The minimum Gasteiger partial charge on any atom is -0.396 e. The van der Waals surface area contributed by atoms with Crippen LogP contribution in [0.1, 0.15) is 27.6 Å². The smallest absolute Gasteiger partial charge is 0.274 e. The molecular formula is C28H27FN10O. The number of fused-ring (bicyclic) bond motifs is 4. The molecule has 0 aliphatic carbocycles. The Morgan fingerprint density at radius 2 is 1.95 bits per heavy atom. The number of nitrogens with zero attached hydrogens (tertiary/aromatic N) is 7. The first-order valence-corrected chi connectivity index (χ1v) is 13.1. The van der Waals surface area contributed by atoms with Gasteiger partial charge in [0.2, 0.25) is 0 Å². The molecule has 6 heterocycles. The topological polar surface area (TPSA) is 132 Å². The van der Waals surface area contributed by atoms with E-state index in [0.717, 1.165) is 30.0 Å². The monoisotopic (exact) mass is 538 g/mol. The number of nitrogen functional groups attached to an aromatic ring is 1. The first-order valence-electron chi connectivity index (χ1n) is 13.1. The molecule has 2 aliphatic heterocycles. The van der Waals surface area contributed by atoms with Crippen molar-refractivity contribution < 1.29 is 9.18 Å². The van der Waals surface area contributed by atoms with Crippen molar-refractivity contribution in [3.8, 4) is 11.1 Å². The minimum atomic E-state index is -0.548. The van der Waals surface area contributed by atoms with E-state index in [2.05, 4.69) is 30.2 Å². The summed E-state index contributed by atoms with van der Waals surface area (Å²) in [4.78, 5) is 27.7. The summed E-state index contributed by atoms with van der Waals surface area (Å²) in [6.07, 6.45) is 7.74. The van der Waals surface area contributed by atoms with Gasteiger partial charge in [0.1, 0.15) is 11.6 Å². The number of hydrogen-bond acceptors (Lipinski definition) is 8. The van der Waals surface area contributed by atoms with Crippen molar-refractivity contribution >= 4 is 39.7 Å². The number of aromatic nitrogens is 6. The van der Waals surface area contributed by atoms with E-state index in [9.17, 15) is 4.79 Å². The third-order valence-corrected chi connectivity index (χ3v) is 7.75. The molecule has 0 saturated carbocycles. The van der Waals surface area contributed by atoms with E-state index in [1.165, 1.54) is 0 Å². The van der Waals surface area contributed by atoms with E-state index in [4.69, 9.17) is 10.8 Å². The van der Waals surface area contributed by atoms with Gasteiger partial charge in [-0.05, 0) is 30.0 Å². The van der Waals surface area contributed by atoms with Crippen LogP contribution in [0.15, 0.2) is 43.0 Å². The second-order valence-corrected chi connectivity index (χ2v) is 10.2. The summed E-state index contributed by atoms with van der Waals surface area (Å²) in [5.74, 6) is 1.48. The van der Waals surface area contributed by atoms with Gasteiger partial charge in [-0.15, -0.1) is 0 Å². The molecule has 0 fully saturated rings. The highest BCUT2D eigenvalue weighted by Crippen LogP contribution is 2.38. The number of amides is 1. The van der Waals surface area contributed by atoms with Gasteiger partial charge in [-0.2, -0.15) is 5.10 Å². The molecule has 5 aromatic rings. The summed E-state index contributed by atoms with van der Waals surface area (Å²) in [7, 11) is 1.74. The number of likely N-dealkylation sites (N-methyl/N-ethyl adjacent to an activating group) is 1. The molecule has 0 radical (unpaired) electrons. The number of pyridine rings is 2. The van der Waals surface area contributed by atoms with Gasteiger partial charge in [0.15, 0.2) is 17.3 Å². The summed E-state index contributed by atoms with van der Waals surface area (Å²) in [5.41, 5.74) is 9.93. The maximum absolute atomic E-state index is 15.6. The number of hydrogen-bond donors (Lipinski definition) is 3. The maximum Gasteiger partial charge on any atom is 0.274 e. The third kappa shape index (κ3) is 3.82. The Balaban J connectivity index is 1.25. The highest BCUT2D eigenvalue weighted by Gasteiger charge is 2.25. The fourth-order valence-corrected chi connectivity index (χ4v) is 5.50. The molecular weight excluding hydrogens is 511 g/mol. The molecule has 0 bridgehead atoms. The van der Waals surface area contributed by atoms with Crippen LogP contribution in [-0.4, -0.2) is 60.2 Å². The quantitative estimate of drug-likeness (QED) is 0.297. The van der Waals surface area contributed by atoms with Crippen LogP contribution in [0.2, 0.25) is 0 Å². The molecule has 7 rings (SSSR count). The van der Waals surface area contributed by atoms with E-state index >= 15 is 4.39 Å². The van der Waals surface area contributed by atoms with Gasteiger partial charge in [-0.25, -0.2) is 19.3 Å². The zero-order chi connectivity index (χ0) is 27.5. The molecule has 0 atom stereocenters. The van der Waals surface area contributed by atoms with Crippen molar-refractivity contribution in [1.82, 2.24) is 34.2 Å². The summed E-state index contributed by atoms with van der Waals surface area (Å²) in [6.45, 7) is 4.42. The van der Waals surface area contributed by atoms with E-state index < -0.39 is 5.82 Å². The Kier molecular flexibility index (Phi) is 5.44. The largest absolute Gasteiger partial charge is 0.396 e. The van der Waals surface area contributed by atoms with E-state index in [1.54, 1.807) is 30.4 Å². The van der Waals surface area contributed by atoms with Gasteiger partial charge in [0.25, 0.3) is 5.91 Å². The standard InChI is InChI=1S/C28H27FN10O/c1-15-19(12-34-27-26(15)32-4-7-37(2)28(27)40)18-9-16-10-21(33-13-20(16)25(30)24(18)29)35-22-11-17-3-6-38-8-5-31-23(38)14-39(17)36-22/h5,8-13,32H,3-4,6-7,14,30H2,1-2H3,(H,33,35,36). The SMILES string of the molecule is Cc1c(-c2cc3cc(Nc4cc5n(n4)Cc4nccn4CC5)ncc3c(N)c2F)cnc2c1NCCN(C)C2=O. The number of carbonyl (C=O) groups excluding carboxylic acids is 1. The van der Waals surface area contributed by atoms with Crippen molar-refractivity contribution in [2.75, 3.05) is 36.5 Å². The fourth-order valence-electron chi connectivity index (χ4n) is 5.50. The molecule has 0 spiro atoms. The molecule has 4 aromatic heterocycles. The first kappa shape index (κ1) is 24.1. The van der Waals surface area contributed by atoms with Crippen LogP contribution < -0.4 is 16.4 Å². The number of halogens is 1. The van der Waals surface area contributed by atoms with E-state index in [1.807, 2.05) is 36.1 Å². The number of rotatable bonds is 3. The van der Waals surface area contributed by atoms with Gasteiger partial charge in [0.05, 0.1) is 17.9 Å². The molecule has 4 N–H and O–H groups in total. The van der Waals surface area contributed by atoms with Crippen molar-refractivity contribution in [2.45, 2.75) is 26.4 Å². The zero-order valence-corrected chi connectivity index (χ0v) is 22.1. The number of aryl methyl sites for hydroxylation is 2. The van der Waals surface area contributed by atoms with Gasteiger partial charge in [-0.3, -0.25) is 9.48 Å². The Morgan fingerprint density at radius 1 is 1.07 bits per heavy atom. The molecule has 0 saturated heterocycles. The van der Waals surface area contributed by atoms with Crippen LogP contribution >= 0.6 is 0 Å². The summed E-state index contributed by atoms with van der Waals surface area (Å²) in [6, 6.07) is 5.59. The second-order valence-electron chi connectivity index (χ2n) is 10.2. The first-order chi connectivity index (χ1) is 19.4. The molecule has 11 nitrogen and oxygen atoms in total. The van der Waals surface area contributed by atoms with Crippen LogP contribution in [0.25, 0.3) is 21.9 Å². The third-order valence-electron chi connectivity index (χ3n) is 7.75. The van der Waals surface area contributed by atoms with E-state index in [0.29, 0.717) is 64.6 Å². The van der Waals surface area contributed by atoms with E-state index in [-0.39, 0.29) is 11.6 Å². The normalized spacial score (nSPS) is 14.7. The molecule has 202 valence electrons. The number of benzene rings is 1. The van der Waals surface area contributed by atoms with Crippen LogP contribution in [0, 0.1) is 12.7 Å². The van der Waals surface area contributed by atoms with Crippen molar-refractivity contribution in [2.24, 2.45) is 0 Å². The Bertz CT molecular complexity index is 1820. The lowest BCUT2D eigenvalue weighted by atomic mass is 9.96. The Hall–Kier alpha value is -5.00. The number of imidazole rings is 1. The van der Waals surface area contributed by atoms with Gasteiger partial charge < -0.3 is 25.8 Å². The lowest BCUT2D eigenvalue weighted by molar-refractivity contribution is 0.0800. The average Bonchev–Trinajstić information content (AvgIpc) is 3.48. The lowest BCUT2D eigenvalue weighted by Crippen LogP contribution is -2.28. The molecule has 40 heavy (non-hydrogen) atoms. The summed E-state index contributed by atoms with van der Waals surface area (Å²) < 4.78 is 19.7. The van der Waals surface area contributed by atoms with Crippen molar-refractivity contribution in [1.29, 1.82) is 0 Å². The van der Waals surface area contributed by atoms with Crippen molar-refractivity contribution in [3.05, 3.63) is 71.6 Å². The zero-order valence-electron chi connectivity index (χ0n) is 22.1. The maximum atomic E-state index is 15.6. The van der Waals surface area contributed by atoms with Crippen LogP contribution in [0.5, 0.6) is 0 Å². The molecule has 1 amide bonds. The van der Waals surface area contributed by atoms with Gasteiger partial charge in [0, 0.05) is 86.2 Å². The predicted molar refractivity (Wildman–Crippen MR) is 150 cm³/mol. The molecule has 2 aliphatic rings. The van der Waals surface area contributed by atoms with Gasteiger partial charge >= 0.3 is 0 Å². The number of nitrogens with one attached hydrogen (secondary N) is 2. The van der Waals surface area contributed by atoms with Crippen LogP contribution in [0.3, 0.4) is 0 Å². The number of carbonyl (C=O) groups is 1. The number of anilines is 4. The number of nitrogens with two attached hydrogens (primary N) is 1. The van der Waals surface area contributed by atoms with Crippen molar-refractivity contribution in [3.63, 3.8) is 0 Å². The summed E-state index contributed by atoms with van der Waals surface area (Å²) >= 11 is 0. The predicted octanol–water partition coefficient (Wildman–Crippen LogP) is 3.57. The Labute approximate surface area is 228 Å². The highest BCUT2D eigenvalue weighted by atomic mass is 19.1. The second kappa shape index (κ2) is 9.04. The minimum absolute atomic E-state index is 0.00821. The molecule has 0 unspecified atom stereocenters. The molecule has 1 aromatic carbocycles. The average molecular weight is 539 g/mol. The summed E-state index contributed by atoms with van der Waals surface area (Å²) in [5, 5.41) is 12.5. The van der Waals surface area contributed by atoms with Crippen LogP contribution in [-0.2, 0) is 19.5 Å². The Morgan fingerprint density at radius 3 is 2.83 bits per heavy atom. The molecule has 12 heteroatoms. The lowest BCUT2D eigenvalue weighted by Gasteiger charge is -2.16. The van der Waals surface area contributed by atoms with Crippen LogP contribution in [0.4, 0.5) is 27.4 Å².